The zero-order valence-corrected chi connectivity index (χ0v) is 12.8. The molecular formula is C16H17FN2OS. The number of anilines is 1. The Morgan fingerprint density at radius 2 is 2.00 bits per heavy atom. The molecule has 0 unspecified atom stereocenters. The van der Waals surface area contributed by atoms with E-state index in [-0.39, 0.29) is 17.4 Å². The van der Waals surface area contributed by atoms with Gasteiger partial charge in [0.15, 0.2) is 0 Å². The second kappa shape index (κ2) is 6.54. The maximum Gasteiger partial charge on any atom is 0.124 e. The van der Waals surface area contributed by atoms with Crippen molar-refractivity contribution in [2.75, 3.05) is 19.0 Å². The normalized spacial score (nSPS) is 10.2. The van der Waals surface area contributed by atoms with Crippen molar-refractivity contribution in [2.45, 2.75) is 6.61 Å². The van der Waals surface area contributed by atoms with Crippen LogP contribution in [-0.2, 0) is 6.61 Å². The van der Waals surface area contributed by atoms with E-state index in [9.17, 15) is 4.39 Å². The molecule has 2 aromatic carbocycles. The molecule has 21 heavy (non-hydrogen) atoms. The predicted molar refractivity (Wildman–Crippen MR) is 87.4 cm³/mol. The first-order valence-electron chi connectivity index (χ1n) is 6.45. The molecule has 0 atom stereocenters. The molecule has 0 heterocycles. The number of benzene rings is 2. The fourth-order valence-corrected chi connectivity index (χ4v) is 2.01. The van der Waals surface area contributed by atoms with E-state index in [4.69, 9.17) is 22.7 Å². The highest BCUT2D eigenvalue weighted by atomic mass is 32.1. The minimum atomic E-state index is -0.374. The highest BCUT2D eigenvalue weighted by molar-refractivity contribution is 7.80. The molecule has 0 aliphatic rings. The summed E-state index contributed by atoms with van der Waals surface area (Å²) in [6.07, 6.45) is 0. The average Bonchev–Trinajstić information content (AvgIpc) is 2.45. The zero-order chi connectivity index (χ0) is 15.4. The number of ether oxygens (including phenoxy) is 1. The van der Waals surface area contributed by atoms with Gasteiger partial charge in [0.25, 0.3) is 0 Å². The summed E-state index contributed by atoms with van der Waals surface area (Å²) in [6, 6.07) is 12.2. The SMILES string of the molecule is CN(C)c1cccc(OCc2cc(F)cc(C(N)=S)c2)c1. The van der Waals surface area contributed by atoms with Crippen LogP contribution in [0.1, 0.15) is 11.1 Å². The smallest absolute Gasteiger partial charge is 0.124 e. The fraction of sp³-hybridized carbons (Fsp3) is 0.188. The molecule has 110 valence electrons. The topological polar surface area (TPSA) is 38.5 Å². The number of hydrogen-bond donors (Lipinski definition) is 1. The summed E-state index contributed by atoms with van der Waals surface area (Å²) in [4.78, 5) is 2.16. The molecule has 0 saturated carbocycles. The maximum absolute atomic E-state index is 13.5. The first-order valence-corrected chi connectivity index (χ1v) is 6.86. The van der Waals surface area contributed by atoms with Crippen molar-refractivity contribution in [3.8, 4) is 5.75 Å². The van der Waals surface area contributed by atoms with Crippen molar-refractivity contribution in [3.63, 3.8) is 0 Å². The lowest BCUT2D eigenvalue weighted by molar-refractivity contribution is 0.305. The van der Waals surface area contributed by atoms with Gasteiger partial charge in [0, 0.05) is 31.4 Å². The molecule has 2 aromatic rings. The van der Waals surface area contributed by atoms with Crippen molar-refractivity contribution in [2.24, 2.45) is 5.73 Å². The molecule has 0 aromatic heterocycles. The van der Waals surface area contributed by atoms with Gasteiger partial charge in [-0.2, -0.15) is 0 Å². The molecule has 0 radical (unpaired) electrons. The number of rotatable bonds is 5. The molecule has 0 aliphatic carbocycles. The lowest BCUT2D eigenvalue weighted by Crippen LogP contribution is -2.11. The quantitative estimate of drug-likeness (QED) is 0.862. The molecular weight excluding hydrogens is 287 g/mol. The van der Waals surface area contributed by atoms with Crippen LogP contribution in [0.5, 0.6) is 5.75 Å². The second-order valence-corrected chi connectivity index (χ2v) is 5.33. The van der Waals surface area contributed by atoms with Gasteiger partial charge in [-0.05, 0) is 35.9 Å². The van der Waals surface area contributed by atoms with Crippen molar-refractivity contribution in [3.05, 3.63) is 59.4 Å². The second-order valence-electron chi connectivity index (χ2n) is 4.89. The summed E-state index contributed by atoms with van der Waals surface area (Å²) in [5.41, 5.74) is 7.76. The number of nitrogens with two attached hydrogens (primary N) is 1. The zero-order valence-electron chi connectivity index (χ0n) is 12.0. The number of hydrogen-bond acceptors (Lipinski definition) is 3. The van der Waals surface area contributed by atoms with Crippen LogP contribution in [0.2, 0.25) is 0 Å². The third-order valence-corrected chi connectivity index (χ3v) is 3.22. The van der Waals surface area contributed by atoms with E-state index >= 15 is 0 Å². The van der Waals surface area contributed by atoms with Crippen LogP contribution in [0.15, 0.2) is 42.5 Å². The molecule has 0 spiro atoms. The Labute approximate surface area is 129 Å². The van der Waals surface area contributed by atoms with Crippen LogP contribution in [0.25, 0.3) is 0 Å². The van der Waals surface area contributed by atoms with Crippen LogP contribution in [0.4, 0.5) is 10.1 Å². The van der Waals surface area contributed by atoms with E-state index < -0.39 is 0 Å². The summed E-state index contributed by atoms with van der Waals surface area (Å²) in [5.74, 6) is 0.350. The number of halogens is 1. The third kappa shape index (κ3) is 4.16. The van der Waals surface area contributed by atoms with Gasteiger partial charge in [-0.25, -0.2) is 4.39 Å². The van der Waals surface area contributed by atoms with Gasteiger partial charge in [0.05, 0.1) is 0 Å². The minimum absolute atomic E-state index is 0.172. The molecule has 2 rings (SSSR count). The summed E-state index contributed by atoms with van der Waals surface area (Å²) >= 11 is 4.87. The summed E-state index contributed by atoms with van der Waals surface area (Å²) in [5, 5.41) is 0. The minimum Gasteiger partial charge on any atom is -0.489 e. The van der Waals surface area contributed by atoms with Crippen LogP contribution < -0.4 is 15.4 Å². The third-order valence-electron chi connectivity index (χ3n) is 2.98. The molecule has 3 nitrogen and oxygen atoms in total. The van der Waals surface area contributed by atoms with Crippen molar-refractivity contribution >= 4 is 22.9 Å². The lowest BCUT2D eigenvalue weighted by atomic mass is 10.1. The van der Waals surface area contributed by atoms with E-state index in [1.165, 1.54) is 12.1 Å². The highest BCUT2D eigenvalue weighted by Crippen LogP contribution is 2.20. The van der Waals surface area contributed by atoms with Crippen molar-refractivity contribution in [1.82, 2.24) is 0 Å². The molecule has 2 N–H and O–H groups in total. The summed E-state index contributed by atoms with van der Waals surface area (Å²) < 4.78 is 19.2. The van der Waals surface area contributed by atoms with Gasteiger partial charge < -0.3 is 15.4 Å². The van der Waals surface area contributed by atoms with Crippen LogP contribution >= 0.6 is 12.2 Å². The van der Waals surface area contributed by atoms with Crippen LogP contribution in [0.3, 0.4) is 0 Å². The van der Waals surface area contributed by atoms with Gasteiger partial charge in [-0.1, -0.05) is 18.3 Å². The largest absolute Gasteiger partial charge is 0.489 e. The predicted octanol–water partition coefficient (Wildman–Crippen LogP) is 3.10. The highest BCUT2D eigenvalue weighted by Gasteiger charge is 2.05. The Hall–Kier alpha value is -2.14. The van der Waals surface area contributed by atoms with Gasteiger partial charge in [-0.3, -0.25) is 0 Å². The van der Waals surface area contributed by atoms with Gasteiger partial charge in [0.2, 0.25) is 0 Å². The molecule has 0 aliphatic heterocycles. The molecule has 0 bridgehead atoms. The first kappa shape index (κ1) is 15.3. The van der Waals surface area contributed by atoms with Crippen LogP contribution in [0, 0.1) is 5.82 Å². The van der Waals surface area contributed by atoms with Crippen molar-refractivity contribution in [1.29, 1.82) is 0 Å². The van der Waals surface area contributed by atoms with Crippen LogP contribution in [-0.4, -0.2) is 19.1 Å². The standard InChI is InChI=1S/C16H17FN2OS/c1-19(2)14-4-3-5-15(9-14)20-10-11-6-12(16(18)21)8-13(17)7-11/h3-9H,10H2,1-2H3,(H2,18,21). The van der Waals surface area contributed by atoms with E-state index in [2.05, 4.69) is 0 Å². The van der Waals surface area contributed by atoms with E-state index in [1.54, 1.807) is 6.07 Å². The van der Waals surface area contributed by atoms with E-state index in [0.717, 1.165) is 11.4 Å². The molecule has 0 amide bonds. The Bertz CT molecular complexity index is 658. The van der Waals surface area contributed by atoms with Gasteiger partial charge >= 0.3 is 0 Å². The van der Waals surface area contributed by atoms with Crippen molar-refractivity contribution < 1.29 is 9.13 Å². The Balaban J connectivity index is 2.13. The molecule has 5 heteroatoms. The first-order chi connectivity index (χ1) is 9.95. The van der Waals surface area contributed by atoms with Gasteiger partial charge in [-0.15, -0.1) is 0 Å². The fourth-order valence-electron chi connectivity index (χ4n) is 1.89. The molecule has 0 saturated heterocycles. The van der Waals surface area contributed by atoms with Gasteiger partial charge in [0.1, 0.15) is 23.2 Å². The Morgan fingerprint density at radius 1 is 1.24 bits per heavy atom. The lowest BCUT2D eigenvalue weighted by Gasteiger charge is -2.14. The Kier molecular flexibility index (Phi) is 4.75. The maximum atomic E-state index is 13.5. The number of thiocarbonyl (C=S) groups is 1. The Morgan fingerprint density at radius 3 is 2.67 bits per heavy atom. The summed E-state index contributed by atoms with van der Waals surface area (Å²) in [7, 11) is 3.92. The number of nitrogens with zero attached hydrogens (tertiary/aromatic N) is 1. The molecule has 0 fully saturated rings. The van der Waals surface area contributed by atoms with E-state index in [0.29, 0.717) is 11.1 Å². The average molecular weight is 304 g/mol. The summed E-state index contributed by atoms with van der Waals surface area (Å²) in [6.45, 7) is 0.254. The van der Waals surface area contributed by atoms with E-state index in [1.807, 2.05) is 43.3 Å². The monoisotopic (exact) mass is 304 g/mol.